The zero-order valence-corrected chi connectivity index (χ0v) is 27.8. The summed E-state index contributed by atoms with van der Waals surface area (Å²) in [4.78, 5) is 23.7. The van der Waals surface area contributed by atoms with E-state index in [9.17, 15) is 9.59 Å². The van der Waals surface area contributed by atoms with Crippen molar-refractivity contribution in [2.45, 2.75) is 84.2 Å². The minimum Gasteiger partial charge on any atom is -0.541 e. The Kier molecular flexibility index (Phi) is 10.1. The molecule has 0 heterocycles. The highest BCUT2D eigenvalue weighted by atomic mass is 28.4. The summed E-state index contributed by atoms with van der Waals surface area (Å²) in [7, 11) is -1.000. The first-order valence-electron chi connectivity index (χ1n) is 13.3. The first-order valence-corrected chi connectivity index (χ1v) is 19.1. The maximum atomic E-state index is 12.6. The molecule has 0 unspecified atom stereocenters. The maximum absolute atomic E-state index is 12.6. The van der Waals surface area contributed by atoms with Crippen LogP contribution in [0.2, 0.25) is 36.3 Å². The number of benzene rings is 2. The van der Waals surface area contributed by atoms with Crippen molar-refractivity contribution >= 4 is 34.3 Å². The molecule has 2 aromatic rings. The standard InChI is InChI=1S/C31H46O6Si2/c1-30(2,3)38(9,10)36-26-15-13-22(19-28(26)34-7)25(21-24(33)17-18-32)23-14-16-27(29(20-23)35-8)37-39(11,12)31(4,5)6/h13-16,18-21H,17H2,1-12H3. The number of aldehydes is 1. The van der Waals surface area contributed by atoms with Gasteiger partial charge in [-0.3, -0.25) is 4.79 Å². The summed E-state index contributed by atoms with van der Waals surface area (Å²) in [5.74, 6) is 2.21. The van der Waals surface area contributed by atoms with E-state index in [1.165, 1.54) is 6.08 Å². The molecule has 0 radical (unpaired) electrons. The lowest BCUT2D eigenvalue weighted by atomic mass is 9.95. The number of carbonyl (C=O) groups excluding carboxylic acids is 2. The van der Waals surface area contributed by atoms with Crippen molar-refractivity contribution in [1.29, 1.82) is 0 Å². The van der Waals surface area contributed by atoms with Crippen LogP contribution in [0.1, 0.15) is 59.1 Å². The summed E-state index contributed by atoms with van der Waals surface area (Å²) < 4.78 is 24.5. The van der Waals surface area contributed by atoms with Crippen molar-refractivity contribution in [1.82, 2.24) is 0 Å². The molecule has 8 heteroatoms. The topological polar surface area (TPSA) is 71.1 Å². The number of ether oxygens (including phenoxy) is 2. The molecule has 0 atom stereocenters. The fraction of sp³-hybridized carbons (Fsp3) is 0.484. The molecule has 2 rings (SSSR count). The van der Waals surface area contributed by atoms with E-state index in [-0.39, 0.29) is 22.3 Å². The Hall–Kier alpha value is -2.85. The summed E-state index contributed by atoms with van der Waals surface area (Å²) in [6, 6.07) is 11.3. The van der Waals surface area contributed by atoms with Crippen LogP contribution in [-0.2, 0) is 9.59 Å². The summed E-state index contributed by atoms with van der Waals surface area (Å²) in [6.07, 6.45) is 1.92. The van der Waals surface area contributed by atoms with E-state index < -0.39 is 16.6 Å². The minimum atomic E-state index is -2.11. The zero-order valence-electron chi connectivity index (χ0n) is 25.8. The molecular formula is C31H46O6Si2. The molecule has 39 heavy (non-hydrogen) atoms. The van der Waals surface area contributed by atoms with Gasteiger partial charge < -0.3 is 23.1 Å². The Bertz CT molecular complexity index is 1140. The Labute approximate surface area is 237 Å². The highest BCUT2D eigenvalue weighted by Gasteiger charge is 2.40. The lowest BCUT2D eigenvalue weighted by molar-refractivity contribution is -0.118. The molecular weight excluding hydrogens is 525 g/mol. The van der Waals surface area contributed by atoms with Crippen LogP contribution in [0.4, 0.5) is 0 Å². The number of allylic oxidation sites excluding steroid dienone is 1. The average molecular weight is 571 g/mol. The van der Waals surface area contributed by atoms with E-state index in [0.29, 0.717) is 34.9 Å². The molecule has 0 bridgehead atoms. The van der Waals surface area contributed by atoms with Gasteiger partial charge in [0.25, 0.3) is 16.6 Å². The quantitative estimate of drug-likeness (QED) is 0.118. The van der Waals surface area contributed by atoms with Gasteiger partial charge in [-0.1, -0.05) is 53.7 Å². The van der Waals surface area contributed by atoms with E-state index >= 15 is 0 Å². The highest BCUT2D eigenvalue weighted by Crippen LogP contribution is 2.43. The number of rotatable bonds is 11. The summed E-state index contributed by atoms with van der Waals surface area (Å²) in [6.45, 7) is 21.9. The van der Waals surface area contributed by atoms with E-state index in [1.54, 1.807) is 14.2 Å². The SMILES string of the molecule is COc1cc(C(=CC(=O)CC=O)c2ccc(O[Si](C)(C)C(C)(C)C)c(OC)c2)ccc1O[Si](C)(C)C(C)(C)C. The molecule has 0 saturated heterocycles. The molecule has 0 aliphatic heterocycles. The first kappa shape index (κ1) is 32.4. The van der Waals surface area contributed by atoms with Gasteiger partial charge in [-0.25, -0.2) is 0 Å². The maximum Gasteiger partial charge on any atom is 0.250 e. The zero-order chi connectivity index (χ0) is 29.8. The number of carbonyl (C=O) groups is 2. The summed E-state index contributed by atoms with van der Waals surface area (Å²) in [5, 5.41) is 0.0432. The van der Waals surface area contributed by atoms with Crippen LogP contribution >= 0.6 is 0 Å². The van der Waals surface area contributed by atoms with Crippen molar-refractivity contribution in [3.63, 3.8) is 0 Å². The summed E-state index contributed by atoms with van der Waals surface area (Å²) >= 11 is 0. The second kappa shape index (κ2) is 12.1. The molecule has 0 amide bonds. The smallest absolute Gasteiger partial charge is 0.250 e. The Morgan fingerprint density at radius 3 is 1.41 bits per heavy atom. The Morgan fingerprint density at radius 2 is 1.10 bits per heavy atom. The predicted octanol–water partition coefficient (Wildman–Crippen LogP) is 8.06. The second-order valence-electron chi connectivity index (χ2n) is 12.9. The number of hydrogen-bond acceptors (Lipinski definition) is 6. The van der Waals surface area contributed by atoms with Crippen LogP contribution in [-0.4, -0.2) is 42.9 Å². The molecule has 0 aliphatic carbocycles. The molecule has 2 aromatic carbocycles. The molecule has 0 spiro atoms. The molecule has 214 valence electrons. The van der Waals surface area contributed by atoms with Crippen molar-refractivity contribution in [3.8, 4) is 23.0 Å². The van der Waals surface area contributed by atoms with E-state index in [4.69, 9.17) is 18.3 Å². The van der Waals surface area contributed by atoms with Crippen molar-refractivity contribution < 1.29 is 27.9 Å². The van der Waals surface area contributed by atoms with E-state index in [2.05, 4.69) is 67.7 Å². The fourth-order valence-corrected chi connectivity index (χ4v) is 5.38. The van der Waals surface area contributed by atoms with Gasteiger partial charge >= 0.3 is 0 Å². The van der Waals surface area contributed by atoms with Crippen LogP contribution in [0.5, 0.6) is 23.0 Å². The van der Waals surface area contributed by atoms with E-state index in [0.717, 1.165) is 11.1 Å². The number of hydrogen-bond donors (Lipinski definition) is 0. The van der Waals surface area contributed by atoms with Crippen LogP contribution in [0.25, 0.3) is 5.57 Å². The third-order valence-corrected chi connectivity index (χ3v) is 16.6. The van der Waals surface area contributed by atoms with Crippen LogP contribution < -0.4 is 18.3 Å². The van der Waals surface area contributed by atoms with Crippen molar-refractivity contribution in [2.24, 2.45) is 0 Å². The van der Waals surface area contributed by atoms with Gasteiger partial charge in [0, 0.05) is 0 Å². The molecule has 0 aliphatic rings. The molecule has 6 nitrogen and oxygen atoms in total. The highest BCUT2D eigenvalue weighted by molar-refractivity contribution is 6.75. The third kappa shape index (κ3) is 7.85. The van der Waals surface area contributed by atoms with Crippen LogP contribution in [0.3, 0.4) is 0 Å². The number of methoxy groups -OCH3 is 2. The Balaban J connectivity index is 2.63. The molecule has 0 fully saturated rings. The largest absolute Gasteiger partial charge is 0.541 e. The van der Waals surface area contributed by atoms with Gasteiger partial charge in [0.2, 0.25) is 0 Å². The minimum absolute atomic E-state index is 0.0216. The van der Waals surface area contributed by atoms with Crippen LogP contribution in [0.15, 0.2) is 42.5 Å². The molecule has 0 N–H and O–H groups in total. The van der Waals surface area contributed by atoms with Gasteiger partial charge in [0.15, 0.2) is 17.3 Å². The Morgan fingerprint density at radius 1 is 0.718 bits per heavy atom. The lowest BCUT2D eigenvalue weighted by Gasteiger charge is -2.37. The fourth-order valence-electron chi connectivity index (χ4n) is 3.33. The predicted molar refractivity (Wildman–Crippen MR) is 164 cm³/mol. The average Bonchev–Trinajstić information content (AvgIpc) is 2.81. The van der Waals surface area contributed by atoms with Gasteiger partial charge in [-0.2, -0.15) is 0 Å². The lowest BCUT2D eigenvalue weighted by Crippen LogP contribution is -2.43. The van der Waals surface area contributed by atoms with E-state index in [1.807, 2.05) is 36.4 Å². The summed E-state index contributed by atoms with van der Waals surface area (Å²) in [5.41, 5.74) is 2.17. The second-order valence-corrected chi connectivity index (χ2v) is 22.3. The molecule has 0 aromatic heterocycles. The van der Waals surface area contributed by atoms with Gasteiger partial charge in [-0.05, 0) is 83.3 Å². The van der Waals surface area contributed by atoms with Gasteiger partial charge in [0.05, 0.1) is 20.6 Å². The van der Waals surface area contributed by atoms with Crippen LogP contribution in [0, 0.1) is 0 Å². The monoisotopic (exact) mass is 570 g/mol. The van der Waals surface area contributed by atoms with Crippen molar-refractivity contribution in [2.75, 3.05) is 14.2 Å². The van der Waals surface area contributed by atoms with Gasteiger partial charge in [0.1, 0.15) is 17.8 Å². The molecule has 0 saturated carbocycles. The third-order valence-electron chi connectivity index (χ3n) is 7.88. The normalized spacial score (nSPS) is 12.4. The van der Waals surface area contributed by atoms with Crippen molar-refractivity contribution in [3.05, 3.63) is 53.6 Å². The van der Waals surface area contributed by atoms with Gasteiger partial charge in [-0.15, -0.1) is 0 Å². The first-order chi connectivity index (χ1) is 17.9. The number of ketones is 1.